The SMILES string of the molecule is CCNc1nc(Oc2cc(Cl)ccc2C)c2ccsc2n1. The lowest BCUT2D eigenvalue weighted by molar-refractivity contribution is 0.465. The van der Waals surface area contributed by atoms with Crippen molar-refractivity contribution in [2.24, 2.45) is 0 Å². The van der Waals surface area contributed by atoms with Crippen molar-refractivity contribution in [1.82, 2.24) is 9.97 Å². The van der Waals surface area contributed by atoms with Gasteiger partial charge in [-0.2, -0.15) is 4.98 Å². The average Bonchev–Trinajstić information content (AvgIpc) is 2.92. The summed E-state index contributed by atoms with van der Waals surface area (Å²) in [5.74, 6) is 1.82. The molecule has 2 heterocycles. The number of thiophene rings is 1. The highest BCUT2D eigenvalue weighted by Crippen LogP contribution is 2.33. The van der Waals surface area contributed by atoms with E-state index in [-0.39, 0.29) is 0 Å². The van der Waals surface area contributed by atoms with Crippen molar-refractivity contribution in [1.29, 1.82) is 0 Å². The number of anilines is 1. The predicted molar refractivity (Wildman–Crippen MR) is 87.8 cm³/mol. The van der Waals surface area contributed by atoms with Crippen LogP contribution in [0, 0.1) is 6.92 Å². The van der Waals surface area contributed by atoms with Gasteiger partial charge in [-0.3, -0.25) is 0 Å². The van der Waals surface area contributed by atoms with Crippen molar-refractivity contribution < 1.29 is 4.74 Å². The van der Waals surface area contributed by atoms with E-state index in [1.165, 1.54) is 0 Å². The molecule has 0 aliphatic carbocycles. The maximum absolute atomic E-state index is 6.04. The molecule has 0 aliphatic heterocycles. The molecule has 2 aromatic heterocycles. The maximum Gasteiger partial charge on any atom is 0.232 e. The highest BCUT2D eigenvalue weighted by molar-refractivity contribution is 7.16. The number of ether oxygens (including phenoxy) is 1. The predicted octanol–water partition coefficient (Wildman–Crippen LogP) is 4.88. The lowest BCUT2D eigenvalue weighted by atomic mass is 10.2. The van der Waals surface area contributed by atoms with E-state index >= 15 is 0 Å². The molecule has 0 unspecified atom stereocenters. The van der Waals surface area contributed by atoms with Gasteiger partial charge in [0.1, 0.15) is 10.6 Å². The summed E-state index contributed by atoms with van der Waals surface area (Å²) in [7, 11) is 0. The molecule has 0 aliphatic rings. The van der Waals surface area contributed by atoms with Crippen molar-refractivity contribution in [2.45, 2.75) is 13.8 Å². The first-order valence-corrected chi connectivity index (χ1v) is 7.86. The third-order valence-corrected chi connectivity index (χ3v) is 4.02. The Labute approximate surface area is 131 Å². The molecule has 3 aromatic rings. The maximum atomic E-state index is 6.04. The fraction of sp³-hybridized carbons (Fsp3) is 0.200. The summed E-state index contributed by atoms with van der Waals surface area (Å²) in [5.41, 5.74) is 1.01. The molecule has 1 aromatic carbocycles. The van der Waals surface area contributed by atoms with Gasteiger partial charge in [0.15, 0.2) is 0 Å². The van der Waals surface area contributed by atoms with Crippen LogP contribution in [-0.4, -0.2) is 16.5 Å². The third kappa shape index (κ3) is 2.94. The molecule has 0 fully saturated rings. The van der Waals surface area contributed by atoms with Crippen LogP contribution in [0.5, 0.6) is 11.6 Å². The molecule has 0 atom stereocenters. The van der Waals surface area contributed by atoms with Crippen LogP contribution in [0.3, 0.4) is 0 Å². The van der Waals surface area contributed by atoms with Gasteiger partial charge in [-0.15, -0.1) is 11.3 Å². The van der Waals surface area contributed by atoms with Gasteiger partial charge in [0, 0.05) is 11.6 Å². The van der Waals surface area contributed by atoms with Crippen LogP contribution < -0.4 is 10.1 Å². The number of hydrogen-bond donors (Lipinski definition) is 1. The van der Waals surface area contributed by atoms with Crippen LogP contribution >= 0.6 is 22.9 Å². The van der Waals surface area contributed by atoms with E-state index in [2.05, 4.69) is 15.3 Å². The second-order valence-corrected chi connectivity index (χ2v) is 5.87. The Kier molecular flexibility index (Phi) is 3.94. The minimum absolute atomic E-state index is 0.544. The fourth-order valence-corrected chi connectivity index (χ4v) is 2.85. The molecule has 0 bridgehead atoms. The van der Waals surface area contributed by atoms with Gasteiger partial charge in [0.05, 0.1) is 5.39 Å². The summed E-state index contributed by atoms with van der Waals surface area (Å²) in [5, 5.41) is 6.64. The number of nitrogens with one attached hydrogen (secondary N) is 1. The smallest absolute Gasteiger partial charge is 0.232 e. The summed E-state index contributed by atoms with van der Waals surface area (Å²) in [4.78, 5) is 9.80. The Balaban J connectivity index is 2.06. The van der Waals surface area contributed by atoms with E-state index in [1.54, 1.807) is 17.4 Å². The van der Waals surface area contributed by atoms with Crippen LogP contribution in [0.15, 0.2) is 29.6 Å². The van der Waals surface area contributed by atoms with Crippen LogP contribution in [0.1, 0.15) is 12.5 Å². The van der Waals surface area contributed by atoms with Crippen molar-refractivity contribution in [3.63, 3.8) is 0 Å². The summed E-state index contributed by atoms with van der Waals surface area (Å²) >= 11 is 7.60. The first-order valence-electron chi connectivity index (χ1n) is 6.60. The summed E-state index contributed by atoms with van der Waals surface area (Å²) < 4.78 is 5.98. The minimum Gasteiger partial charge on any atom is -0.438 e. The van der Waals surface area contributed by atoms with E-state index in [0.29, 0.717) is 22.6 Å². The molecular weight excluding hydrogens is 306 g/mol. The van der Waals surface area contributed by atoms with Gasteiger partial charge in [-0.25, -0.2) is 4.98 Å². The van der Waals surface area contributed by atoms with E-state index in [1.807, 2.05) is 37.4 Å². The topological polar surface area (TPSA) is 47.0 Å². The highest BCUT2D eigenvalue weighted by Gasteiger charge is 2.12. The Bertz CT molecular complexity index is 788. The number of aromatic nitrogens is 2. The fourth-order valence-electron chi connectivity index (χ4n) is 1.93. The zero-order valence-corrected chi connectivity index (χ0v) is 13.3. The van der Waals surface area contributed by atoms with Gasteiger partial charge in [0.25, 0.3) is 0 Å². The first kappa shape index (κ1) is 14.1. The standard InChI is InChI=1S/C15H14ClN3OS/c1-3-17-15-18-13(11-6-7-21-14(11)19-15)20-12-8-10(16)5-4-9(12)2/h4-8H,3H2,1-2H3,(H,17,18,19). The second kappa shape index (κ2) is 5.87. The van der Waals surface area contributed by atoms with Crippen molar-refractivity contribution in [2.75, 3.05) is 11.9 Å². The van der Waals surface area contributed by atoms with Gasteiger partial charge < -0.3 is 10.1 Å². The molecule has 21 heavy (non-hydrogen) atoms. The molecule has 0 amide bonds. The van der Waals surface area contributed by atoms with Gasteiger partial charge in [-0.05, 0) is 43.0 Å². The average molecular weight is 320 g/mol. The van der Waals surface area contributed by atoms with Crippen LogP contribution in [0.2, 0.25) is 5.02 Å². The number of fused-ring (bicyclic) bond motifs is 1. The zero-order chi connectivity index (χ0) is 14.8. The molecule has 6 heteroatoms. The van der Waals surface area contributed by atoms with Crippen molar-refractivity contribution in [3.05, 3.63) is 40.2 Å². The molecule has 4 nitrogen and oxygen atoms in total. The van der Waals surface area contributed by atoms with Gasteiger partial charge in [0.2, 0.25) is 11.8 Å². The quantitative estimate of drug-likeness (QED) is 0.744. The monoisotopic (exact) mass is 319 g/mol. The molecular formula is C15H14ClN3OS. The Morgan fingerprint density at radius 2 is 2.14 bits per heavy atom. The molecule has 108 valence electrons. The zero-order valence-electron chi connectivity index (χ0n) is 11.7. The number of halogens is 1. The normalized spacial score (nSPS) is 10.8. The highest BCUT2D eigenvalue weighted by atomic mass is 35.5. The molecule has 0 saturated heterocycles. The van der Waals surface area contributed by atoms with Crippen molar-refractivity contribution in [3.8, 4) is 11.6 Å². The Hall–Kier alpha value is -1.85. The summed E-state index contributed by atoms with van der Waals surface area (Å²) in [6.07, 6.45) is 0. The first-order chi connectivity index (χ1) is 10.2. The molecule has 1 N–H and O–H groups in total. The van der Waals surface area contributed by atoms with Crippen LogP contribution in [0.25, 0.3) is 10.2 Å². The number of hydrogen-bond acceptors (Lipinski definition) is 5. The summed E-state index contributed by atoms with van der Waals surface area (Å²) in [6.45, 7) is 4.74. The van der Waals surface area contributed by atoms with E-state index in [4.69, 9.17) is 16.3 Å². The summed E-state index contributed by atoms with van der Waals surface area (Å²) in [6, 6.07) is 7.53. The van der Waals surface area contributed by atoms with E-state index < -0.39 is 0 Å². The lowest BCUT2D eigenvalue weighted by Crippen LogP contribution is -2.03. The van der Waals surface area contributed by atoms with Crippen molar-refractivity contribution >= 4 is 39.1 Å². The molecule has 0 radical (unpaired) electrons. The minimum atomic E-state index is 0.544. The Morgan fingerprint density at radius 1 is 1.29 bits per heavy atom. The molecule has 3 rings (SSSR count). The number of nitrogens with zero attached hydrogens (tertiary/aromatic N) is 2. The Morgan fingerprint density at radius 3 is 2.95 bits per heavy atom. The van der Waals surface area contributed by atoms with E-state index in [0.717, 1.165) is 22.3 Å². The largest absolute Gasteiger partial charge is 0.438 e. The number of aryl methyl sites for hydroxylation is 1. The van der Waals surface area contributed by atoms with Crippen LogP contribution in [-0.2, 0) is 0 Å². The lowest BCUT2D eigenvalue weighted by Gasteiger charge is -2.10. The number of rotatable bonds is 4. The van der Waals surface area contributed by atoms with Crippen LogP contribution in [0.4, 0.5) is 5.95 Å². The third-order valence-electron chi connectivity index (χ3n) is 2.98. The van der Waals surface area contributed by atoms with E-state index in [9.17, 15) is 0 Å². The van der Waals surface area contributed by atoms with Gasteiger partial charge >= 0.3 is 0 Å². The number of benzene rings is 1. The van der Waals surface area contributed by atoms with Gasteiger partial charge in [-0.1, -0.05) is 17.7 Å². The second-order valence-electron chi connectivity index (χ2n) is 4.53. The molecule has 0 saturated carbocycles. The molecule has 0 spiro atoms.